The number of aliphatic hydroxyl groups is 1. The smallest absolute Gasteiger partial charge is 0.325 e. The maximum Gasteiger partial charge on any atom is 0.325 e. The molecule has 1 aromatic rings. The number of carbonyl (C=O) groups is 1. The van der Waals surface area contributed by atoms with Crippen LogP contribution in [0.1, 0.15) is 12.1 Å². The summed E-state index contributed by atoms with van der Waals surface area (Å²) in [7, 11) is 1.49. The number of nitrogens with one attached hydrogen (secondary N) is 3. The minimum atomic E-state index is -0.654. The van der Waals surface area contributed by atoms with E-state index in [9.17, 15) is 14.4 Å². The number of ether oxygens (including phenoxy) is 1. The lowest BCUT2D eigenvalue weighted by Gasteiger charge is -2.16. The molecule has 106 valence electrons. The van der Waals surface area contributed by atoms with Crippen molar-refractivity contribution in [2.24, 2.45) is 0 Å². The maximum atomic E-state index is 11.7. The maximum absolute atomic E-state index is 11.7. The highest BCUT2D eigenvalue weighted by Crippen LogP contribution is 1.95. The molecule has 8 heteroatoms. The average molecular weight is 271 g/mol. The SMILES string of the molecule is COCC(CCO)NC(=O)Cc1cc(=O)[nH]c(=O)[nH]1. The molecular formula is C11H17N3O5. The monoisotopic (exact) mass is 271 g/mol. The van der Waals surface area contributed by atoms with Crippen LogP contribution in [0, 0.1) is 0 Å². The lowest BCUT2D eigenvalue weighted by molar-refractivity contribution is -0.121. The molecule has 0 aliphatic carbocycles. The van der Waals surface area contributed by atoms with Crippen molar-refractivity contribution in [2.45, 2.75) is 18.9 Å². The molecule has 8 nitrogen and oxygen atoms in total. The van der Waals surface area contributed by atoms with Gasteiger partial charge in [0.15, 0.2) is 0 Å². The summed E-state index contributed by atoms with van der Waals surface area (Å²) in [6, 6.07) is 0.842. The molecule has 0 aliphatic heterocycles. The number of aliphatic hydroxyl groups excluding tert-OH is 1. The highest BCUT2D eigenvalue weighted by Gasteiger charge is 2.12. The van der Waals surface area contributed by atoms with Crippen LogP contribution in [-0.4, -0.2) is 47.3 Å². The van der Waals surface area contributed by atoms with Crippen LogP contribution >= 0.6 is 0 Å². The molecule has 1 aromatic heterocycles. The van der Waals surface area contributed by atoms with Gasteiger partial charge in [-0.2, -0.15) is 0 Å². The van der Waals surface area contributed by atoms with Gasteiger partial charge in [0.1, 0.15) is 0 Å². The Kier molecular flexibility index (Phi) is 5.97. The first-order valence-electron chi connectivity index (χ1n) is 5.77. The largest absolute Gasteiger partial charge is 0.396 e. The van der Waals surface area contributed by atoms with Crippen molar-refractivity contribution >= 4 is 5.91 Å². The van der Waals surface area contributed by atoms with Gasteiger partial charge < -0.3 is 20.1 Å². The summed E-state index contributed by atoms with van der Waals surface area (Å²) in [5.74, 6) is -0.364. The van der Waals surface area contributed by atoms with Gasteiger partial charge in [-0.05, 0) is 6.42 Å². The topological polar surface area (TPSA) is 124 Å². The van der Waals surface area contributed by atoms with Crippen LogP contribution in [0.25, 0.3) is 0 Å². The Bertz CT molecular complexity index is 487. The molecule has 0 fully saturated rings. The third-order valence-corrected chi connectivity index (χ3v) is 2.38. The molecule has 19 heavy (non-hydrogen) atoms. The zero-order valence-electron chi connectivity index (χ0n) is 10.6. The van der Waals surface area contributed by atoms with Gasteiger partial charge in [0.25, 0.3) is 5.56 Å². The summed E-state index contributed by atoms with van der Waals surface area (Å²) < 4.78 is 4.91. The predicted molar refractivity (Wildman–Crippen MR) is 66.9 cm³/mol. The summed E-state index contributed by atoms with van der Waals surface area (Å²) in [6.45, 7) is 0.203. The van der Waals surface area contributed by atoms with E-state index in [0.717, 1.165) is 6.07 Å². The fourth-order valence-electron chi connectivity index (χ4n) is 1.62. The summed E-state index contributed by atoms with van der Waals surface area (Å²) in [5.41, 5.74) is -0.985. The van der Waals surface area contributed by atoms with Gasteiger partial charge in [0.05, 0.1) is 19.1 Å². The van der Waals surface area contributed by atoms with Crippen LogP contribution in [0.4, 0.5) is 0 Å². The van der Waals surface area contributed by atoms with E-state index in [1.54, 1.807) is 0 Å². The zero-order valence-corrected chi connectivity index (χ0v) is 10.6. The van der Waals surface area contributed by atoms with Crippen LogP contribution < -0.4 is 16.6 Å². The summed E-state index contributed by atoms with van der Waals surface area (Å²) >= 11 is 0. The second kappa shape index (κ2) is 7.49. The molecule has 4 N–H and O–H groups in total. The van der Waals surface area contributed by atoms with Gasteiger partial charge in [-0.1, -0.05) is 0 Å². The molecular weight excluding hydrogens is 254 g/mol. The number of rotatable bonds is 7. The molecule has 0 bridgehead atoms. The van der Waals surface area contributed by atoms with Crippen LogP contribution in [0.2, 0.25) is 0 Å². The van der Waals surface area contributed by atoms with E-state index in [0.29, 0.717) is 6.42 Å². The molecule has 0 saturated carbocycles. The third-order valence-electron chi connectivity index (χ3n) is 2.38. The zero-order chi connectivity index (χ0) is 14.3. The van der Waals surface area contributed by atoms with E-state index < -0.39 is 11.2 Å². The van der Waals surface area contributed by atoms with E-state index in [1.807, 2.05) is 4.98 Å². The highest BCUT2D eigenvalue weighted by molar-refractivity contribution is 5.78. The molecule has 1 atom stereocenters. The van der Waals surface area contributed by atoms with Crippen molar-refractivity contribution in [3.05, 3.63) is 32.6 Å². The minimum Gasteiger partial charge on any atom is -0.396 e. The average Bonchev–Trinajstić information content (AvgIpc) is 2.27. The molecule has 0 saturated heterocycles. The molecule has 1 heterocycles. The Morgan fingerprint density at radius 1 is 1.47 bits per heavy atom. The third kappa shape index (κ3) is 5.49. The fourth-order valence-corrected chi connectivity index (χ4v) is 1.62. The minimum absolute atomic E-state index is 0.0733. The van der Waals surface area contributed by atoms with Crippen molar-refractivity contribution < 1.29 is 14.6 Å². The first-order chi connectivity index (χ1) is 9.05. The number of H-pyrrole nitrogens is 2. The Hall–Kier alpha value is -1.93. The predicted octanol–water partition coefficient (Wildman–Crippen LogP) is -1.88. The van der Waals surface area contributed by atoms with Crippen molar-refractivity contribution in [2.75, 3.05) is 20.3 Å². The molecule has 0 radical (unpaired) electrons. The van der Waals surface area contributed by atoms with Gasteiger partial charge in [0.2, 0.25) is 5.91 Å². The summed E-state index contributed by atoms with van der Waals surface area (Å²) in [6.07, 6.45) is 0.246. The number of hydrogen-bond donors (Lipinski definition) is 4. The number of carbonyl (C=O) groups excluding carboxylic acids is 1. The first kappa shape index (κ1) is 15.1. The second-order valence-electron chi connectivity index (χ2n) is 4.02. The highest BCUT2D eigenvalue weighted by atomic mass is 16.5. The van der Waals surface area contributed by atoms with E-state index in [1.165, 1.54) is 7.11 Å². The van der Waals surface area contributed by atoms with Crippen LogP contribution in [0.15, 0.2) is 15.7 Å². The molecule has 1 amide bonds. The summed E-state index contributed by atoms with van der Waals surface area (Å²) in [5, 5.41) is 11.5. The number of methoxy groups -OCH3 is 1. The molecule has 0 spiro atoms. The lowest BCUT2D eigenvalue weighted by atomic mass is 10.2. The molecule has 1 rings (SSSR count). The summed E-state index contributed by atoms with van der Waals surface area (Å²) in [4.78, 5) is 38.2. The Labute approximate surface area is 108 Å². The second-order valence-corrected chi connectivity index (χ2v) is 4.02. The van der Waals surface area contributed by atoms with E-state index in [4.69, 9.17) is 9.84 Å². The molecule has 0 aromatic carbocycles. The number of hydrogen-bond acceptors (Lipinski definition) is 5. The normalized spacial score (nSPS) is 12.1. The Morgan fingerprint density at radius 2 is 2.21 bits per heavy atom. The van der Waals surface area contributed by atoms with Gasteiger partial charge in [-0.15, -0.1) is 0 Å². The van der Waals surface area contributed by atoms with Crippen LogP contribution in [0.3, 0.4) is 0 Å². The number of amides is 1. The Balaban J connectivity index is 2.63. The van der Waals surface area contributed by atoms with E-state index in [2.05, 4.69) is 10.3 Å². The van der Waals surface area contributed by atoms with Gasteiger partial charge in [-0.25, -0.2) is 4.79 Å². The van der Waals surface area contributed by atoms with Crippen LogP contribution in [-0.2, 0) is 16.0 Å². The standard InChI is InChI=1S/C11H17N3O5/c1-19-6-7(2-3-15)12-9(16)4-8-5-10(17)14-11(18)13-8/h5,7,15H,2-4,6H2,1H3,(H,12,16)(H2,13,14,17,18). The van der Waals surface area contributed by atoms with Crippen molar-refractivity contribution in [1.82, 2.24) is 15.3 Å². The van der Waals surface area contributed by atoms with E-state index in [-0.39, 0.29) is 37.3 Å². The van der Waals surface area contributed by atoms with Crippen molar-refractivity contribution in [3.8, 4) is 0 Å². The lowest BCUT2D eigenvalue weighted by Crippen LogP contribution is -2.40. The Morgan fingerprint density at radius 3 is 2.79 bits per heavy atom. The quantitative estimate of drug-likeness (QED) is 0.462. The molecule has 1 unspecified atom stereocenters. The van der Waals surface area contributed by atoms with Gasteiger partial charge in [0, 0.05) is 25.5 Å². The van der Waals surface area contributed by atoms with Gasteiger partial charge >= 0.3 is 5.69 Å². The number of aromatic amines is 2. The number of aromatic nitrogens is 2. The van der Waals surface area contributed by atoms with Gasteiger partial charge in [-0.3, -0.25) is 14.6 Å². The van der Waals surface area contributed by atoms with Crippen molar-refractivity contribution in [1.29, 1.82) is 0 Å². The van der Waals surface area contributed by atoms with E-state index >= 15 is 0 Å². The first-order valence-corrected chi connectivity index (χ1v) is 5.77. The van der Waals surface area contributed by atoms with Crippen LogP contribution in [0.5, 0.6) is 0 Å². The van der Waals surface area contributed by atoms with Crippen molar-refractivity contribution in [3.63, 3.8) is 0 Å². The molecule has 0 aliphatic rings. The fraction of sp³-hybridized carbons (Fsp3) is 0.545.